The van der Waals surface area contributed by atoms with Gasteiger partial charge in [-0.2, -0.15) is 0 Å². The van der Waals surface area contributed by atoms with E-state index in [1.807, 2.05) is 0 Å². The van der Waals surface area contributed by atoms with Crippen molar-refractivity contribution in [3.05, 3.63) is 29.8 Å². The lowest BCUT2D eigenvalue weighted by molar-refractivity contribution is 0.164. The minimum Gasteiger partial charge on any atom is -0.473 e. The van der Waals surface area contributed by atoms with Crippen molar-refractivity contribution in [2.45, 2.75) is 12.3 Å². The molecular weight excluding hydrogens is 192 g/mol. The Kier molecular flexibility index (Phi) is 2.35. The maximum Gasteiger partial charge on any atom is 0.176 e. The number of halogens is 2. The molecular formula is C9H9F2NO2. The first-order valence-electron chi connectivity index (χ1n) is 4.16. The summed E-state index contributed by atoms with van der Waals surface area (Å²) in [4.78, 5) is 0. The van der Waals surface area contributed by atoms with Crippen LogP contribution in [0.15, 0.2) is 18.2 Å². The molecule has 5 heteroatoms. The highest BCUT2D eigenvalue weighted by Gasteiger charge is 2.31. The van der Waals surface area contributed by atoms with Crippen molar-refractivity contribution >= 4 is 0 Å². The van der Waals surface area contributed by atoms with Crippen LogP contribution in [-0.2, 0) is 4.74 Å². The molecule has 0 spiro atoms. The normalized spacial score (nSPS) is 21.8. The molecule has 2 rings (SSSR count). The van der Waals surface area contributed by atoms with E-state index in [0.717, 1.165) is 12.1 Å². The molecule has 1 aromatic rings. The van der Waals surface area contributed by atoms with E-state index in [1.165, 1.54) is 6.07 Å². The summed E-state index contributed by atoms with van der Waals surface area (Å²) in [6, 6.07) is 3.27. The summed E-state index contributed by atoms with van der Waals surface area (Å²) in [5.74, 6) is -1.66. The van der Waals surface area contributed by atoms with Gasteiger partial charge in [-0.05, 0) is 12.1 Å². The third kappa shape index (κ3) is 2.00. The van der Waals surface area contributed by atoms with Crippen molar-refractivity contribution < 1.29 is 18.3 Å². The van der Waals surface area contributed by atoms with Gasteiger partial charge in [0.2, 0.25) is 0 Å². The molecule has 3 nitrogen and oxygen atoms in total. The molecule has 0 radical (unpaired) electrons. The smallest absolute Gasteiger partial charge is 0.176 e. The Morgan fingerprint density at radius 2 is 2.14 bits per heavy atom. The van der Waals surface area contributed by atoms with Crippen molar-refractivity contribution in [1.82, 2.24) is 0 Å². The van der Waals surface area contributed by atoms with Gasteiger partial charge in [0, 0.05) is 6.07 Å². The molecule has 1 aliphatic rings. The molecule has 1 fully saturated rings. The molecule has 2 atom stereocenters. The standard InChI is InChI=1S/C9H9F2NO2/c10-6-2-1-5(3-7(6)11)14-9(12)8-4-13-8/h1-3,8-9H,4,12H2. The van der Waals surface area contributed by atoms with Crippen LogP contribution in [-0.4, -0.2) is 18.9 Å². The third-order valence-corrected chi connectivity index (χ3v) is 1.89. The van der Waals surface area contributed by atoms with Gasteiger partial charge in [-0.1, -0.05) is 0 Å². The van der Waals surface area contributed by atoms with Crippen molar-refractivity contribution in [1.29, 1.82) is 0 Å². The van der Waals surface area contributed by atoms with Crippen LogP contribution < -0.4 is 10.5 Å². The van der Waals surface area contributed by atoms with Crippen LogP contribution in [0.25, 0.3) is 0 Å². The highest BCUT2D eigenvalue weighted by atomic mass is 19.2. The zero-order chi connectivity index (χ0) is 10.1. The van der Waals surface area contributed by atoms with Crippen LogP contribution in [0.3, 0.4) is 0 Å². The van der Waals surface area contributed by atoms with Crippen molar-refractivity contribution in [3.8, 4) is 5.75 Å². The Hall–Kier alpha value is -1.20. The summed E-state index contributed by atoms with van der Waals surface area (Å²) >= 11 is 0. The maximum atomic E-state index is 12.7. The Morgan fingerprint density at radius 1 is 1.43 bits per heavy atom. The van der Waals surface area contributed by atoms with Gasteiger partial charge >= 0.3 is 0 Å². The highest BCUT2D eigenvalue weighted by molar-refractivity contribution is 5.23. The molecule has 1 aromatic carbocycles. The molecule has 0 aliphatic carbocycles. The number of hydrogen-bond donors (Lipinski definition) is 1. The molecule has 1 saturated heterocycles. The van der Waals surface area contributed by atoms with E-state index < -0.39 is 17.9 Å². The lowest BCUT2D eigenvalue weighted by Crippen LogP contribution is -2.33. The molecule has 1 heterocycles. The van der Waals surface area contributed by atoms with Gasteiger partial charge < -0.3 is 9.47 Å². The van der Waals surface area contributed by atoms with Gasteiger partial charge in [0.1, 0.15) is 11.9 Å². The summed E-state index contributed by atoms with van der Waals surface area (Å²) in [5.41, 5.74) is 5.54. The van der Waals surface area contributed by atoms with Gasteiger partial charge in [0.05, 0.1) is 6.61 Å². The topological polar surface area (TPSA) is 47.8 Å². The predicted molar refractivity (Wildman–Crippen MR) is 44.7 cm³/mol. The second-order valence-corrected chi connectivity index (χ2v) is 3.03. The van der Waals surface area contributed by atoms with E-state index >= 15 is 0 Å². The van der Waals surface area contributed by atoms with E-state index in [-0.39, 0.29) is 11.9 Å². The van der Waals surface area contributed by atoms with Crippen LogP contribution >= 0.6 is 0 Å². The molecule has 1 aliphatic heterocycles. The minimum atomic E-state index is -0.952. The summed E-state index contributed by atoms with van der Waals surface area (Å²) in [6.07, 6.45) is -0.761. The lowest BCUT2D eigenvalue weighted by atomic mass is 10.3. The number of benzene rings is 1. The Balaban J connectivity index is 2.04. The SMILES string of the molecule is NC(Oc1ccc(F)c(F)c1)C1CO1. The first-order valence-corrected chi connectivity index (χ1v) is 4.16. The van der Waals surface area contributed by atoms with E-state index in [9.17, 15) is 8.78 Å². The van der Waals surface area contributed by atoms with Gasteiger partial charge in [0.25, 0.3) is 0 Å². The summed E-state index contributed by atoms with van der Waals surface area (Å²) < 4.78 is 35.2. The zero-order valence-electron chi connectivity index (χ0n) is 7.24. The molecule has 14 heavy (non-hydrogen) atoms. The molecule has 0 aromatic heterocycles. The number of epoxide rings is 1. The quantitative estimate of drug-likeness (QED) is 0.586. The van der Waals surface area contributed by atoms with Crippen LogP contribution in [0.1, 0.15) is 0 Å². The van der Waals surface area contributed by atoms with Crippen molar-refractivity contribution in [2.24, 2.45) is 5.73 Å². The number of rotatable bonds is 3. The van der Waals surface area contributed by atoms with E-state index in [2.05, 4.69) is 0 Å². The molecule has 0 amide bonds. The zero-order valence-corrected chi connectivity index (χ0v) is 7.24. The fourth-order valence-corrected chi connectivity index (χ4v) is 1.03. The number of nitrogens with two attached hydrogens (primary N) is 1. The van der Waals surface area contributed by atoms with Crippen molar-refractivity contribution in [2.75, 3.05) is 6.61 Å². The van der Waals surface area contributed by atoms with Crippen LogP contribution in [0.2, 0.25) is 0 Å². The first-order chi connectivity index (χ1) is 6.66. The Morgan fingerprint density at radius 3 is 2.71 bits per heavy atom. The monoisotopic (exact) mass is 201 g/mol. The largest absolute Gasteiger partial charge is 0.473 e. The van der Waals surface area contributed by atoms with Gasteiger partial charge in [-0.15, -0.1) is 0 Å². The fraction of sp³-hybridized carbons (Fsp3) is 0.333. The van der Waals surface area contributed by atoms with Gasteiger partial charge in [-0.25, -0.2) is 8.78 Å². The van der Waals surface area contributed by atoms with E-state index in [1.54, 1.807) is 0 Å². The molecule has 76 valence electrons. The summed E-state index contributed by atoms with van der Waals surface area (Å²) in [5, 5.41) is 0. The van der Waals surface area contributed by atoms with E-state index in [0.29, 0.717) is 6.61 Å². The van der Waals surface area contributed by atoms with Crippen LogP contribution in [0.5, 0.6) is 5.75 Å². The molecule has 2 N–H and O–H groups in total. The second-order valence-electron chi connectivity index (χ2n) is 3.03. The number of hydrogen-bond acceptors (Lipinski definition) is 3. The average molecular weight is 201 g/mol. The van der Waals surface area contributed by atoms with Crippen LogP contribution in [0, 0.1) is 11.6 Å². The molecule has 0 bridgehead atoms. The summed E-state index contributed by atoms with van der Waals surface area (Å²) in [7, 11) is 0. The summed E-state index contributed by atoms with van der Waals surface area (Å²) in [6.45, 7) is 0.546. The first kappa shape index (κ1) is 9.36. The van der Waals surface area contributed by atoms with E-state index in [4.69, 9.17) is 15.2 Å². The Bertz CT molecular complexity index is 342. The Labute approximate surface area is 79.4 Å². The lowest BCUT2D eigenvalue weighted by Gasteiger charge is -2.11. The van der Waals surface area contributed by atoms with Crippen molar-refractivity contribution in [3.63, 3.8) is 0 Å². The van der Waals surface area contributed by atoms with Gasteiger partial charge in [0.15, 0.2) is 17.9 Å². The minimum absolute atomic E-state index is 0.136. The average Bonchev–Trinajstić information content (AvgIpc) is 2.94. The second kappa shape index (κ2) is 3.51. The molecule has 2 unspecified atom stereocenters. The van der Waals surface area contributed by atoms with Crippen LogP contribution in [0.4, 0.5) is 8.78 Å². The highest BCUT2D eigenvalue weighted by Crippen LogP contribution is 2.20. The third-order valence-electron chi connectivity index (χ3n) is 1.89. The van der Waals surface area contributed by atoms with Gasteiger partial charge in [-0.3, -0.25) is 5.73 Å². The predicted octanol–water partition coefficient (Wildman–Crippen LogP) is 1.03. The maximum absolute atomic E-state index is 12.7. The molecule has 0 saturated carbocycles. The fourth-order valence-electron chi connectivity index (χ4n) is 1.03. The number of ether oxygens (including phenoxy) is 2.